The van der Waals surface area contributed by atoms with Crippen LogP contribution in [0.1, 0.15) is 30.4 Å². The van der Waals surface area contributed by atoms with Crippen LogP contribution in [0.5, 0.6) is 17.2 Å². The van der Waals surface area contributed by atoms with E-state index in [0.29, 0.717) is 11.5 Å². The van der Waals surface area contributed by atoms with Gasteiger partial charge in [0.05, 0.1) is 4.47 Å². The summed E-state index contributed by atoms with van der Waals surface area (Å²) in [5.41, 5.74) is 3.33. The lowest BCUT2D eigenvalue weighted by Gasteiger charge is -2.24. The minimum atomic E-state index is -1.01. The highest BCUT2D eigenvalue weighted by Crippen LogP contribution is 2.38. The molecule has 0 radical (unpaired) electrons. The average Bonchev–Trinajstić information content (AvgIpc) is 3.01. The van der Waals surface area contributed by atoms with Crippen LogP contribution in [-0.2, 0) is 11.2 Å². The van der Waals surface area contributed by atoms with Crippen molar-refractivity contribution in [2.45, 2.75) is 32.6 Å². The van der Waals surface area contributed by atoms with Gasteiger partial charge in [-0.3, -0.25) is 0 Å². The van der Waals surface area contributed by atoms with Gasteiger partial charge in [-0.2, -0.15) is 0 Å². The fourth-order valence-electron chi connectivity index (χ4n) is 3.57. The zero-order valence-electron chi connectivity index (χ0n) is 15.6. The van der Waals surface area contributed by atoms with Gasteiger partial charge < -0.3 is 19.6 Å². The first-order valence-corrected chi connectivity index (χ1v) is 10.2. The predicted molar refractivity (Wildman–Crippen MR) is 111 cm³/mol. The number of hydrogen-bond donors (Lipinski definition) is 2. The number of hydrogen-bond acceptors (Lipinski definition) is 3. The van der Waals surface area contributed by atoms with Gasteiger partial charge in [-0.05, 0) is 76.7 Å². The third-order valence-corrected chi connectivity index (χ3v) is 5.85. The highest BCUT2D eigenvalue weighted by Gasteiger charge is 2.19. The van der Waals surface area contributed by atoms with Crippen LogP contribution < -0.4 is 9.47 Å². The molecule has 28 heavy (non-hydrogen) atoms. The molecule has 0 amide bonds. The Kier molecular flexibility index (Phi) is 5.31. The minimum absolute atomic E-state index is 0.375. The van der Waals surface area contributed by atoms with E-state index in [4.69, 9.17) is 14.6 Å². The number of carboxylic acid groups (broad SMARTS) is 1. The number of aliphatic carboxylic acids is 1. The van der Waals surface area contributed by atoms with Crippen molar-refractivity contribution in [1.29, 1.82) is 0 Å². The van der Waals surface area contributed by atoms with Gasteiger partial charge in [0, 0.05) is 17.1 Å². The highest BCUT2D eigenvalue weighted by atomic mass is 79.9. The molecule has 0 saturated heterocycles. The summed E-state index contributed by atoms with van der Waals surface area (Å²) in [6, 6.07) is 9.58. The number of fused-ring (bicyclic) bond motifs is 1. The van der Waals surface area contributed by atoms with Crippen LogP contribution in [0.15, 0.2) is 41.0 Å². The zero-order chi connectivity index (χ0) is 19.7. The number of halogens is 1. The molecule has 2 aromatic carbocycles. The first-order chi connectivity index (χ1) is 13.5. The number of carbonyl (C=O) groups is 1. The third-order valence-electron chi connectivity index (χ3n) is 5.26. The van der Waals surface area contributed by atoms with Gasteiger partial charge in [0.25, 0.3) is 0 Å². The van der Waals surface area contributed by atoms with Crippen LogP contribution in [0.3, 0.4) is 0 Å². The molecule has 1 aromatic heterocycles. The van der Waals surface area contributed by atoms with E-state index in [0.717, 1.165) is 33.6 Å². The molecule has 1 saturated carbocycles. The maximum Gasteiger partial charge on any atom is 0.341 e. The molecule has 1 aliphatic rings. The molecule has 0 atom stereocenters. The Hall–Kier alpha value is -2.47. The van der Waals surface area contributed by atoms with Crippen molar-refractivity contribution in [3.63, 3.8) is 0 Å². The van der Waals surface area contributed by atoms with E-state index in [9.17, 15) is 4.79 Å². The summed E-state index contributed by atoms with van der Waals surface area (Å²) in [5, 5.41) is 9.97. The van der Waals surface area contributed by atoms with Crippen molar-refractivity contribution in [2.75, 3.05) is 6.61 Å². The summed E-state index contributed by atoms with van der Waals surface area (Å²) < 4.78 is 12.1. The molecule has 146 valence electrons. The minimum Gasteiger partial charge on any atom is -0.482 e. The van der Waals surface area contributed by atoms with Gasteiger partial charge in [-0.1, -0.05) is 19.3 Å². The van der Waals surface area contributed by atoms with Gasteiger partial charge in [-0.25, -0.2) is 4.79 Å². The number of ether oxygens (including phenoxy) is 2. The lowest BCUT2D eigenvalue weighted by molar-refractivity contribution is -0.139. The van der Waals surface area contributed by atoms with Crippen molar-refractivity contribution in [3.05, 3.63) is 52.1 Å². The molecule has 1 aliphatic carbocycles. The van der Waals surface area contributed by atoms with Crippen LogP contribution in [-0.4, -0.2) is 22.7 Å². The number of nitrogens with one attached hydrogen (secondary N) is 1. The Bertz CT molecular complexity index is 1000. The number of aryl methyl sites for hydroxylation is 1. The average molecular weight is 444 g/mol. The van der Waals surface area contributed by atoms with Crippen LogP contribution >= 0.6 is 15.9 Å². The smallest absolute Gasteiger partial charge is 0.341 e. The first-order valence-electron chi connectivity index (χ1n) is 9.42. The molecular weight excluding hydrogens is 422 g/mol. The topological polar surface area (TPSA) is 71.6 Å². The van der Waals surface area contributed by atoms with E-state index in [2.05, 4.69) is 33.2 Å². The molecule has 0 aliphatic heterocycles. The monoisotopic (exact) mass is 443 g/mol. The summed E-state index contributed by atoms with van der Waals surface area (Å²) in [5.74, 6) is 1.75. The highest BCUT2D eigenvalue weighted by molar-refractivity contribution is 9.10. The molecule has 0 unspecified atom stereocenters. The number of benzene rings is 2. The van der Waals surface area contributed by atoms with E-state index in [1.165, 1.54) is 30.2 Å². The number of aromatic amines is 1. The summed E-state index contributed by atoms with van der Waals surface area (Å²) in [6.45, 7) is 1.53. The third kappa shape index (κ3) is 4.02. The van der Waals surface area contributed by atoms with Gasteiger partial charge in [0.1, 0.15) is 17.2 Å². The van der Waals surface area contributed by atoms with Gasteiger partial charge in [0.2, 0.25) is 0 Å². The van der Waals surface area contributed by atoms with Crippen LogP contribution in [0.25, 0.3) is 10.9 Å². The second-order valence-corrected chi connectivity index (χ2v) is 8.21. The molecule has 2 N–H and O–H groups in total. The van der Waals surface area contributed by atoms with E-state index >= 15 is 0 Å². The molecule has 0 spiro atoms. The quantitative estimate of drug-likeness (QED) is 0.481. The van der Waals surface area contributed by atoms with Crippen molar-refractivity contribution >= 4 is 32.8 Å². The van der Waals surface area contributed by atoms with E-state index in [1.807, 2.05) is 19.1 Å². The van der Waals surface area contributed by atoms with Crippen molar-refractivity contribution < 1.29 is 19.4 Å². The Morgan fingerprint density at radius 1 is 1.25 bits per heavy atom. The fourth-order valence-corrected chi connectivity index (χ4v) is 4.19. The number of rotatable bonds is 7. The maximum atomic E-state index is 10.7. The van der Waals surface area contributed by atoms with E-state index < -0.39 is 5.97 Å². The molecule has 1 heterocycles. The van der Waals surface area contributed by atoms with Crippen molar-refractivity contribution in [3.8, 4) is 17.2 Å². The molecule has 4 rings (SSSR count). The summed E-state index contributed by atoms with van der Waals surface area (Å²) in [4.78, 5) is 14.0. The molecule has 5 nitrogen and oxygen atoms in total. The van der Waals surface area contributed by atoms with Gasteiger partial charge in [0.15, 0.2) is 6.61 Å². The molecule has 0 bridgehead atoms. The second kappa shape index (κ2) is 7.87. The van der Waals surface area contributed by atoms with E-state index in [-0.39, 0.29) is 6.61 Å². The van der Waals surface area contributed by atoms with Crippen molar-refractivity contribution in [1.82, 2.24) is 4.98 Å². The Morgan fingerprint density at radius 2 is 2.07 bits per heavy atom. The molecule has 3 aromatic rings. The lowest BCUT2D eigenvalue weighted by atomic mass is 9.81. The summed E-state index contributed by atoms with van der Waals surface area (Å²) in [6.07, 6.45) is 7.22. The van der Waals surface area contributed by atoms with E-state index in [1.54, 1.807) is 12.1 Å². The molecule has 6 heteroatoms. The summed E-state index contributed by atoms with van der Waals surface area (Å²) in [7, 11) is 0. The predicted octanol–water partition coefficient (Wildman–Crippen LogP) is 5.84. The van der Waals surface area contributed by atoms with Gasteiger partial charge in [-0.15, -0.1) is 0 Å². The molecule has 1 fully saturated rings. The van der Waals surface area contributed by atoms with Crippen LogP contribution in [0, 0.1) is 12.8 Å². The summed E-state index contributed by atoms with van der Waals surface area (Å²) >= 11 is 3.51. The first kappa shape index (κ1) is 18.9. The second-order valence-electron chi connectivity index (χ2n) is 7.36. The Balaban J connectivity index is 1.57. The number of carboxylic acids is 1. The van der Waals surface area contributed by atoms with Crippen LogP contribution in [0.2, 0.25) is 0 Å². The standard InChI is InChI=1S/C22H22BrNO4/c1-13-7-17(27-12-21(25)26)10-19(23)22(13)28-16-5-6-20-18(9-16)15(11-24-20)8-14-3-2-4-14/h5-7,9-11,14,24H,2-4,8,12H2,1H3,(H,25,26). The normalized spacial score (nSPS) is 14.1. The largest absolute Gasteiger partial charge is 0.482 e. The number of aromatic nitrogens is 1. The lowest BCUT2D eigenvalue weighted by Crippen LogP contribution is -2.13. The Labute approximate surface area is 171 Å². The van der Waals surface area contributed by atoms with Crippen LogP contribution in [0.4, 0.5) is 0 Å². The number of H-pyrrole nitrogens is 1. The fraction of sp³-hybridized carbons (Fsp3) is 0.318. The zero-order valence-corrected chi connectivity index (χ0v) is 17.2. The van der Waals surface area contributed by atoms with Crippen molar-refractivity contribution in [2.24, 2.45) is 5.92 Å². The molecular formula is C22H22BrNO4. The van der Waals surface area contributed by atoms with Gasteiger partial charge >= 0.3 is 5.97 Å². The Morgan fingerprint density at radius 3 is 2.75 bits per heavy atom. The SMILES string of the molecule is Cc1cc(OCC(=O)O)cc(Br)c1Oc1ccc2[nH]cc(CC3CCC3)c2c1. The maximum absolute atomic E-state index is 10.7.